The Bertz CT molecular complexity index is 198. The van der Waals surface area contributed by atoms with Crippen molar-refractivity contribution in [3.05, 3.63) is 0 Å². The lowest BCUT2D eigenvalue weighted by Crippen LogP contribution is -2.48. The van der Waals surface area contributed by atoms with Crippen LogP contribution in [0.1, 0.15) is 33.6 Å². The summed E-state index contributed by atoms with van der Waals surface area (Å²) in [6, 6.07) is 0. The van der Waals surface area contributed by atoms with Crippen LogP contribution in [0.25, 0.3) is 0 Å². The fourth-order valence-electron chi connectivity index (χ4n) is 1.89. The van der Waals surface area contributed by atoms with Crippen LogP contribution in [0.2, 0.25) is 0 Å². The highest BCUT2D eigenvalue weighted by atomic mass is 16.2. The summed E-state index contributed by atoms with van der Waals surface area (Å²) in [5.74, 6) is 1.05. The highest BCUT2D eigenvalue weighted by Crippen LogP contribution is 2.09. The lowest BCUT2D eigenvalue weighted by atomic mass is 10.0. The Kier molecular flexibility index (Phi) is 5.09. The van der Waals surface area contributed by atoms with Gasteiger partial charge in [0.15, 0.2) is 0 Å². The summed E-state index contributed by atoms with van der Waals surface area (Å²) in [5.41, 5.74) is 0. The molecule has 0 aromatic rings. The van der Waals surface area contributed by atoms with E-state index in [-0.39, 0.29) is 5.91 Å². The fourth-order valence-corrected chi connectivity index (χ4v) is 1.89. The Labute approximate surface area is 93.4 Å². The van der Waals surface area contributed by atoms with Gasteiger partial charge in [0, 0.05) is 33.1 Å². The number of hydrogen-bond donors (Lipinski definition) is 0. The fraction of sp³-hybridized carbons (Fsp3) is 0.917. The van der Waals surface area contributed by atoms with E-state index in [1.807, 2.05) is 4.90 Å². The molecule has 0 radical (unpaired) electrons. The van der Waals surface area contributed by atoms with Crippen LogP contribution in [0.5, 0.6) is 0 Å². The zero-order valence-corrected chi connectivity index (χ0v) is 10.3. The molecular formula is C12H24N2O. The third kappa shape index (κ3) is 4.20. The third-order valence-electron chi connectivity index (χ3n) is 3.45. The zero-order valence-electron chi connectivity index (χ0n) is 10.3. The second-order valence-electron chi connectivity index (χ2n) is 4.65. The first-order valence-electron chi connectivity index (χ1n) is 6.11. The quantitative estimate of drug-likeness (QED) is 0.706. The van der Waals surface area contributed by atoms with Gasteiger partial charge in [-0.05, 0) is 18.9 Å². The summed E-state index contributed by atoms with van der Waals surface area (Å²) in [6.45, 7) is 11.3. The van der Waals surface area contributed by atoms with Gasteiger partial charge in [-0.15, -0.1) is 0 Å². The summed E-state index contributed by atoms with van der Waals surface area (Å²) in [6.07, 6.45) is 2.56. The molecule has 88 valence electrons. The number of carbonyl (C=O) groups excluding carboxylic acids is 1. The van der Waals surface area contributed by atoms with Crippen LogP contribution in [0.15, 0.2) is 0 Å². The minimum atomic E-state index is 0.219. The summed E-state index contributed by atoms with van der Waals surface area (Å²) < 4.78 is 0. The second kappa shape index (κ2) is 6.11. The number of nitrogens with zero attached hydrogens (tertiary/aromatic N) is 2. The highest BCUT2D eigenvalue weighted by Gasteiger charge is 2.18. The van der Waals surface area contributed by atoms with Gasteiger partial charge in [0.05, 0.1) is 0 Å². The van der Waals surface area contributed by atoms with Crippen molar-refractivity contribution in [1.82, 2.24) is 9.80 Å². The molecule has 1 saturated heterocycles. The van der Waals surface area contributed by atoms with E-state index in [2.05, 4.69) is 18.7 Å². The van der Waals surface area contributed by atoms with E-state index in [1.54, 1.807) is 6.92 Å². The molecule has 1 atom stereocenters. The van der Waals surface area contributed by atoms with Crippen LogP contribution in [-0.2, 0) is 4.79 Å². The Morgan fingerprint density at radius 3 is 2.33 bits per heavy atom. The summed E-state index contributed by atoms with van der Waals surface area (Å²) in [7, 11) is 0. The van der Waals surface area contributed by atoms with Gasteiger partial charge in [-0.3, -0.25) is 9.69 Å². The largest absolute Gasteiger partial charge is 0.340 e. The van der Waals surface area contributed by atoms with Gasteiger partial charge in [0.25, 0.3) is 0 Å². The molecule has 0 saturated carbocycles. The third-order valence-corrected chi connectivity index (χ3v) is 3.45. The molecule has 1 amide bonds. The van der Waals surface area contributed by atoms with Crippen molar-refractivity contribution in [3.8, 4) is 0 Å². The van der Waals surface area contributed by atoms with Crippen LogP contribution in [-0.4, -0.2) is 48.4 Å². The van der Waals surface area contributed by atoms with Gasteiger partial charge >= 0.3 is 0 Å². The normalized spacial score (nSPS) is 20.3. The van der Waals surface area contributed by atoms with Crippen molar-refractivity contribution in [2.75, 3.05) is 32.7 Å². The molecule has 0 aromatic heterocycles. The molecule has 15 heavy (non-hydrogen) atoms. The Morgan fingerprint density at radius 2 is 1.87 bits per heavy atom. The van der Waals surface area contributed by atoms with E-state index >= 15 is 0 Å². The summed E-state index contributed by atoms with van der Waals surface area (Å²) in [4.78, 5) is 15.5. The first-order valence-corrected chi connectivity index (χ1v) is 6.11. The topological polar surface area (TPSA) is 23.6 Å². The van der Waals surface area contributed by atoms with Crippen LogP contribution in [0.4, 0.5) is 0 Å². The van der Waals surface area contributed by atoms with Crippen molar-refractivity contribution >= 4 is 5.91 Å². The monoisotopic (exact) mass is 212 g/mol. The molecule has 3 nitrogen and oxygen atoms in total. The molecule has 1 fully saturated rings. The van der Waals surface area contributed by atoms with Crippen LogP contribution in [0.3, 0.4) is 0 Å². The molecular weight excluding hydrogens is 188 g/mol. The van der Waals surface area contributed by atoms with Gasteiger partial charge < -0.3 is 4.90 Å². The molecule has 1 aliphatic heterocycles. The maximum Gasteiger partial charge on any atom is 0.219 e. The number of hydrogen-bond acceptors (Lipinski definition) is 2. The number of rotatable bonds is 4. The molecule has 1 rings (SSSR count). The first-order chi connectivity index (χ1) is 7.13. The van der Waals surface area contributed by atoms with Crippen LogP contribution in [0, 0.1) is 5.92 Å². The maximum atomic E-state index is 11.1. The van der Waals surface area contributed by atoms with Gasteiger partial charge in [0.1, 0.15) is 0 Å². The van der Waals surface area contributed by atoms with Gasteiger partial charge in [-0.1, -0.05) is 20.3 Å². The van der Waals surface area contributed by atoms with Crippen LogP contribution < -0.4 is 0 Å². The number of piperazine rings is 1. The van der Waals surface area contributed by atoms with E-state index in [0.29, 0.717) is 0 Å². The molecule has 0 spiro atoms. The van der Waals surface area contributed by atoms with Crippen LogP contribution >= 0.6 is 0 Å². The maximum absolute atomic E-state index is 11.1. The summed E-state index contributed by atoms with van der Waals surface area (Å²) in [5, 5.41) is 0. The Hall–Kier alpha value is -0.570. The first kappa shape index (κ1) is 12.5. The Morgan fingerprint density at radius 1 is 1.27 bits per heavy atom. The minimum Gasteiger partial charge on any atom is -0.340 e. The molecule has 1 heterocycles. The molecule has 3 heteroatoms. The standard InChI is InChI=1S/C12H24N2O/c1-4-11(2)5-6-13-7-9-14(10-8-13)12(3)15/h11H,4-10H2,1-3H3. The number of carbonyl (C=O) groups is 1. The molecule has 0 aliphatic carbocycles. The van der Waals surface area contributed by atoms with Gasteiger partial charge in [-0.25, -0.2) is 0 Å². The lowest BCUT2D eigenvalue weighted by molar-refractivity contribution is -0.130. The van der Waals surface area contributed by atoms with Crippen molar-refractivity contribution in [2.24, 2.45) is 5.92 Å². The molecule has 0 aromatic carbocycles. The van der Waals surface area contributed by atoms with Crippen molar-refractivity contribution < 1.29 is 4.79 Å². The average molecular weight is 212 g/mol. The molecule has 1 aliphatic rings. The molecule has 1 unspecified atom stereocenters. The van der Waals surface area contributed by atoms with Crippen molar-refractivity contribution in [3.63, 3.8) is 0 Å². The minimum absolute atomic E-state index is 0.219. The Balaban J connectivity index is 2.17. The van der Waals surface area contributed by atoms with Gasteiger partial charge in [0.2, 0.25) is 5.91 Å². The van der Waals surface area contributed by atoms with E-state index < -0.39 is 0 Å². The van der Waals surface area contributed by atoms with E-state index in [1.165, 1.54) is 19.4 Å². The molecule has 0 N–H and O–H groups in total. The van der Waals surface area contributed by atoms with E-state index in [4.69, 9.17) is 0 Å². The summed E-state index contributed by atoms with van der Waals surface area (Å²) >= 11 is 0. The zero-order chi connectivity index (χ0) is 11.3. The number of amides is 1. The molecule has 0 bridgehead atoms. The van der Waals surface area contributed by atoms with E-state index in [0.717, 1.165) is 32.1 Å². The van der Waals surface area contributed by atoms with E-state index in [9.17, 15) is 4.79 Å². The van der Waals surface area contributed by atoms with Crippen molar-refractivity contribution in [1.29, 1.82) is 0 Å². The smallest absolute Gasteiger partial charge is 0.219 e. The van der Waals surface area contributed by atoms with Crippen molar-refractivity contribution in [2.45, 2.75) is 33.6 Å². The van der Waals surface area contributed by atoms with Gasteiger partial charge in [-0.2, -0.15) is 0 Å². The SMILES string of the molecule is CCC(C)CCN1CCN(C(C)=O)CC1. The predicted octanol–water partition coefficient (Wildman–Crippen LogP) is 1.59. The highest BCUT2D eigenvalue weighted by molar-refractivity contribution is 5.73. The lowest BCUT2D eigenvalue weighted by Gasteiger charge is -2.34. The second-order valence-corrected chi connectivity index (χ2v) is 4.65. The average Bonchev–Trinajstić information content (AvgIpc) is 2.26. The predicted molar refractivity (Wildman–Crippen MR) is 62.8 cm³/mol.